The van der Waals surface area contributed by atoms with E-state index in [1.165, 1.54) is 0 Å². The molecule has 0 aromatic heterocycles. The Morgan fingerprint density at radius 3 is 2.65 bits per heavy atom. The largest absolute Gasteiger partial charge is 0.606 e. The van der Waals surface area contributed by atoms with Gasteiger partial charge in [-0.3, -0.25) is 4.55 Å². The second-order valence-corrected chi connectivity index (χ2v) is 8.26. The first-order valence-electron chi connectivity index (χ1n) is 7.15. The third-order valence-corrected chi connectivity index (χ3v) is 6.02. The summed E-state index contributed by atoms with van der Waals surface area (Å²) in [6, 6.07) is 13.0. The fourth-order valence-electron chi connectivity index (χ4n) is 2.59. The van der Waals surface area contributed by atoms with E-state index in [2.05, 4.69) is 0 Å². The van der Waals surface area contributed by atoms with Crippen LogP contribution < -0.4 is 4.74 Å². The van der Waals surface area contributed by atoms with Gasteiger partial charge in [-0.2, -0.15) is 8.42 Å². The number of benzene rings is 2. The molecular formula is C16H16O5S2. The standard InChI is InChI=1S/C16H16O5S2/c17-22-15-7-2-1-5-12(15)11-13-14(6-3-8-16(13)22)21-9-4-10-23(18,19)20/h1-3,5-8H,4,9-11H2,(H,18,19,20). The van der Waals surface area contributed by atoms with E-state index in [4.69, 9.17) is 9.29 Å². The molecule has 0 saturated heterocycles. The average Bonchev–Trinajstić information content (AvgIpc) is 2.51. The number of ether oxygens (including phenoxy) is 1. The van der Waals surface area contributed by atoms with E-state index in [0.29, 0.717) is 12.2 Å². The normalized spacial score (nSPS) is 16.5. The molecule has 1 aliphatic heterocycles. The molecule has 1 atom stereocenters. The van der Waals surface area contributed by atoms with Gasteiger partial charge in [0.15, 0.2) is 9.79 Å². The Balaban J connectivity index is 1.79. The summed E-state index contributed by atoms with van der Waals surface area (Å²) in [6.45, 7) is 0.171. The number of hydrogen-bond acceptors (Lipinski definition) is 4. The van der Waals surface area contributed by atoms with Gasteiger partial charge in [0.05, 0.1) is 17.9 Å². The number of rotatable bonds is 5. The fourth-order valence-corrected chi connectivity index (χ4v) is 4.49. The van der Waals surface area contributed by atoms with Crippen LogP contribution in [0.5, 0.6) is 5.75 Å². The molecule has 0 radical (unpaired) electrons. The van der Waals surface area contributed by atoms with E-state index < -0.39 is 21.3 Å². The molecule has 23 heavy (non-hydrogen) atoms. The van der Waals surface area contributed by atoms with Crippen molar-refractivity contribution < 1.29 is 22.3 Å². The van der Waals surface area contributed by atoms with Crippen LogP contribution in [0.2, 0.25) is 0 Å². The third kappa shape index (κ3) is 3.69. The molecular weight excluding hydrogens is 336 g/mol. The lowest BCUT2D eigenvalue weighted by molar-refractivity contribution is 0.312. The summed E-state index contributed by atoms with van der Waals surface area (Å²) in [5, 5.41) is 0. The Bertz CT molecular complexity index is 817. The summed E-state index contributed by atoms with van der Waals surface area (Å²) in [6.07, 6.45) is 0.827. The SMILES string of the molecule is O=S(=O)(O)CCCOc1cccc2c1Cc1ccccc1[S+]2[O-]. The minimum atomic E-state index is -3.97. The molecule has 7 heteroatoms. The van der Waals surface area contributed by atoms with Gasteiger partial charge in [0.25, 0.3) is 10.1 Å². The molecule has 1 N–H and O–H groups in total. The maximum atomic E-state index is 12.7. The van der Waals surface area contributed by atoms with Gasteiger partial charge in [0.1, 0.15) is 5.75 Å². The minimum Gasteiger partial charge on any atom is -0.606 e. The second-order valence-electron chi connectivity index (χ2n) is 5.27. The summed E-state index contributed by atoms with van der Waals surface area (Å²) < 4.78 is 48.5. The topological polar surface area (TPSA) is 86.7 Å². The second kappa shape index (κ2) is 6.52. The molecule has 0 fully saturated rings. The first-order valence-corrected chi connectivity index (χ1v) is 9.91. The van der Waals surface area contributed by atoms with Crippen LogP contribution in [0.25, 0.3) is 0 Å². The molecule has 1 unspecified atom stereocenters. The average molecular weight is 352 g/mol. The van der Waals surface area contributed by atoms with E-state index in [1.807, 2.05) is 30.3 Å². The Morgan fingerprint density at radius 2 is 1.87 bits per heavy atom. The first-order chi connectivity index (χ1) is 11.0. The van der Waals surface area contributed by atoms with Crippen LogP contribution >= 0.6 is 0 Å². The molecule has 0 saturated carbocycles. The molecule has 5 nitrogen and oxygen atoms in total. The van der Waals surface area contributed by atoms with Crippen LogP contribution in [-0.2, 0) is 27.7 Å². The molecule has 2 aromatic carbocycles. The first kappa shape index (κ1) is 16.3. The van der Waals surface area contributed by atoms with Gasteiger partial charge < -0.3 is 9.29 Å². The Hall–Kier alpha value is -1.54. The molecule has 0 spiro atoms. The highest BCUT2D eigenvalue weighted by Gasteiger charge is 2.30. The van der Waals surface area contributed by atoms with Crippen molar-refractivity contribution in [2.24, 2.45) is 0 Å². The monoisotopic (exact) mass is 352 g/mol. The predicted octanol–water partition coefficient (Wildman–Crippen LogP) is 2.41. The van der Waals surface area contributed by atoms with Gasteiger partial charge in [-0.25, -0.2) is 0 Å². The summed E-state index contributed by atoms with van der Waals surface area (Å²) in [7, 11) is -3.97. The third-order valence-electron chi connectivity index (χ3n) is 3.63. The van der Waals surface area contributed by atoms with Crippen molar-refractivity contribution in [3.8, 4) is 5.75 Å². The van der Waals surface area contributed by atoms with Crippen molar-refractivity contribution in [3.63, 3.8) is 0 Å². The summed E-state index contributed by atoms with van der Waals surface area (Å²) in [5.41, 5.74) is 1.88. The molecule has 1 heterocycles. The predicted molar refractivity (Wildman–Crippen MR) is 86.9 cm³/mol. The quantitative estimate of drug-likeness (QED) is 0.507. The van der Waals surface area contributed by atoms with Crippen LogP contribution in [0.4, 0.5) is 0 Å². The lowest BCUT2D eigenvalue weighted by Crippen LogP contribution is -2.16. The van der Waals surface area contributed by atoms with Crippen LogP contribution in [0.15, 0.2) is 52.3 Å². The Morgan fingerprint density at radius 1 is 1.13 bits per heavy atom. The van der Waals surface area contributed by atoms with E-state index >= 15 is 0 Å². The van der Waals surface area contributed by atoms with E-state index in [1.54, 1.807) is 12.1 Å². The molecule has 1 aliphatic rings. The van der Waals surface area contributed by atoms with Crippen molar-refractivity contribution in [2.45, 2.75) is 22.6 Å². The van der Waals surface area contributed by atoms with Crippen molar-refractivity contribution >= 4 is 21.3 Å². The highest BCUT2D eigenvalue weighted by Crippen LogP contribution is 2.38. The Kier molecular flexibility index (Phi) is 4.63. The Labute approximate surface area is 138 Å². The number of hydrogen-bond donors (Lipinski definition) is 1. The van der Waals surface area contributed by atoms with Crippen molar-refractivity contribution in [3.05, 3.63) is 53.6 Å². The smallest absolute Gasteiger partial charge is 0.264 e. The highest BCUT2D eigenvalue weighted by atomic mass is 32.2. The summed E-state index contributed by atoms with van der Waals surface area (Å²) >= 11 is -1.24. The molecule has 2 aromatic rings. The lowest BCUT2D eigenvalue weighted by Gasteiger charge is -2.23. The zero-order valence-electron chi connectivity index (χ0n) is 12.3. The fraction of sp³-hybridized carbons (Fsp3) is 0.250. The maximum Gasteiger partial charge on any atom is 0.264 e. The van der Waals surface area contributed by atoms with Crippen molar-refractivity contribution in [2.75, 3.05) is 12.4 Å². The van der Waals surface area contributed by atoms with Gasteiger partial charge in [-0.05, 0) is 24.6 Å². The molecule has 0 bridgehead atoms. The van der Waals surface area contributed by atoms with E-state index in [-0.39, 0.29) is 18.8 Å². The van der Waals surface area contributed by atoms with Crippen molar-refractivity contribution in [1.82, 2.24) is 0 Å². The van der Waals surface area contributed by atoms with Crippen LogP contribution in [0.3, 0.4) is 0 Å². The van der Waals surface area contributed by atoms with Gasteiger partial charge in [-0.1, -0.05) is 24.3 Å². The summed E-state index contributed by atoms with van der Waals surface area (Å²) in [5.74, 6) is 0.275. The minimum absolute atomic E-state index is 0.171. The lowest BCUT2D eigenvalue weighted by atomic mass is 10.0. The van der Waals surface area contributed by atoms with Gasteiger partial charge >= 0.3 is 0 Å². The molecule has 122 valence electrons. The highest BCUT2D eigenvalue weighted by molar-refractivity contribution is 7.91. The van der Waals surface area contributed by atoms with Crippen LogP contribution in [0.1, 0.15) is 17.5 Å². The van der Waals surface area contributed by atoms with Gasteiger partial charge in [-0.15, -0.1) is 0 Å². The van der Waals surface area contributed by atoms with Crippen LogP contribution in [0, 0.1) is 0 Å². The van der Waals surface area contributed by atoms with E-state index in [0.717, 1.165) is 20.9 Å². The number of fused-ring (bicyclic) bond motifs is 2. The zero-order valence-corrected chi connectivity index (χ0v) is 13.9. The van der Waals surface area contributed by atoms with E-state index in [9.17, 15) is 13.0 Å². The zero-order chi connectivity index (χ0) is 16.4. The van der Waals surface area contributed by atoms with Crippen LogP contribution in [-0.4, -0.2) is 29.9 Å². The molecule has 3 rings (SSSR count). The summed E-state index contributed by atoms with van der Waals surface area (Å²) in [4.78, 5) is 1.56. The molecule has 0 aliphatic carbocycles. The van der Waals surface area contributed by atoms with Crippen molar-refractivity contribution in [1.29, 1.82) is 0 Å². The van der Waals surface area contributed by atoms with Gasteiger partial charge in [0.2, 0.25) is 0 Å². The maximum absolute atomic E-state index is 12.7. The molecule has 0 amide bonds. The van der Waals surface area contributed by atoms with Gasteiger partial charge in [0, 0.05) is 23.2 Å².